The quantitative estimate of drug-likeness (QED) is 0.781. The first-order chi connectivity index (χ1) is 14.5. The molecule has 0 aliphatic carbocycles. The highest BCUT2D eigenvalue weighted by Gasteiger charge is 2.27. The van der Waals surface area contributed by atoms with Crippen molar-refractivity contribution >= 4 is 23.6 Å². The Morgan fingerprint density at radius 1 is 1.03 bits per heavy atom. The fourth-order valence-corrected chi connectivity index (χ4v) is 3.17. The number of anilines is 1. The molecule has 30 heavy (non-hydrogen) atoms. The molecule has 9 nitrogen and oxygen atoms in total. The minimum atomic E-state index is -0.505. The van der Waals surface area contributed by atoms with Gasteiger partial charge in [0.05, 0.1) is 6.61 Å². The average Bonchev–Trinajstić information content (AvgIpc) is 2.76. The van der Waals surface area contributed by atoms with Crippen LogP contribution in [0.15, 0.2) is 36.7 Å². The van der Waals surface area contributed by atoms with E-state index >= 15 is 0 Å². The molecule has 0 saturated carbocycles. The van der Waals surface area contributed by atoms with Gasteiger partial charge in [-0.2, -0.15) is 0 Å². The van der Waals surface area contributed by atoms with Crippen molar-refractivity contribution in [2.75, 3.05) is 25.0 Å². The number of nitrogens with zero attached hydrogens (tertiary/aromatic N) is 3. The molecule has 0 bridgehead atoms. The SMILES string of the molecule is CCOC(=O)N1CCC(NC(=O)c2nccnc2C(=O)Nc2ccc(C)cc2)CC1. The van der Waals surface area contributed by atoms with Gasteiger partial charge in [-0.25, -0.2) is 14.8 Å². The number of likely N-dealkylation sites (tertiary alicyclic amines) is 1. The van der Waals surface area contributed by atoms with E-state index in [9.17, 15) is 14.4 Å². The third kappa shape index (κ3) is 5.31. The third-order valence-electron chi connectivity index (χ3n) is 4.79. The van der Waals surface area contributed by atoms with Crippen molar-refractivity contribution < 1.29 is 19.1 Å². The largest absolute Gasteiger partial charge is 0.450 e. The molecule has 0 atom stereocenters. The Hall–Kier alpha value is -3.49. The molecular weight excluding hydrogens is 386 g/mol. The Kier molecular flexibility index (Phi) is 6.95. The summed E-state index contributed by atoms with van der Waals surface area (Å²) in [5.41, 5.74) is 1.60. The molecule has 2 N–H and O–H groups in total. The molecule has 2 aromatic rings. The van der Waals surface area contributed by atoms with E-state index in [1.165, 1.54) is 12.4 Å². The van der Waals surface area contributed by atoms with Crippen LogP contribution in [0.1, 0.15) is 46.3 Å². The summed E-state index contributed by atoms with van der Waals surface area (Å²) in [4.78, 5) is 46.9. The van der Waals surface area contributed by atoms with Crippen LogP contribution in [0.2, 0.25) is 0 Å². The van der Waals surface area contributed by atoms with Crippen molar-refractivity contribution in [3.63, 3.8) is 0 Å². The van der Waals surface area contributed by atoms with Gasteiger partial charge in [0.2, 0.25) is 0 Å². The van der Waals surface area contributed by atoms with Crippen molar-refractivity contribution in [3.8, 4) is 0 Å². The van der Waals surface area contributed by atoms with E-state index in [1.807, 2.05) is 19.1 Å². The maximum absolute atomic E-state index is 12.8. The molecule has 3 amide bonds. The van der Waals surface area contributed by atoms with Gasteiger partial charge >= 0.3 is 6.09 Å². The summed E-state index contributed by atoms with van der Waals surface area (Å²) < 4.78 is 5.00. The first-order valence-electron chi connectivity index (χ1n) is 9.89. The molecular formula is C21H25N5O4. The number of amides is 3. The van der Waals surface area contributed by atoms with Gasteiger partial charge in [-0.1, -0.05) is 17.7 Å². The minimum Gasteiger partial charge on any atom is -0.450 e. The van der Waals surface area contributed by atoms with Crippen molar-refractivity contribution in [1.82, 2.24) is 20.2 Å². The van der Waals surface area contributed by atoms with Crippen LogP contribution >= 0.6 is 0 Å². The number of benzene rings is 1. The number of carbonyl (C=O) groups is 3. The zero-order valence-electron chi connectivity index (χ0n) is 17.1. The maximum atomic E-state index is 12.8. The predicted molar refractivity (Wildman–Crippen MR) is 110 cm³/mol. The van der Waals surface area contributed by atoms with Gasteiger partial charge in [0.1, 0.15) is 0 Å². The number of piperidine rings is 1. The van der Waals surface area contributed by atoms with Gasteiger partial charge in [0.25, 0.3) is 11.8 Å². The summed E-state index contributed by atoms with van der Waals surface area (Å²) in [5, 5.41) is 5.63. The van der Waals surface area contributed by atoms with E-state index in [0.29, 0.717) is 38.2 Å². The van der Waals surface area contributed by atoms with Crippen molar-refractivity contribution in [2.24, 2.45) is 0 Å². The number of rotatable bonds is 5. The molecule has 1 fully saturated rings. The Morgan fingerprint density at radius 3 is 2.23 bits per heavy atom. The number of aryl methyl sites for hydroxylation is 1. The zero-order chi connectivity index (χ0) is 21.5. The second-order valence-electron chi connectivity index (χ2n) is 7.01. The van der Waals surface area contributed by atoms with Gasteiger partial charge < -0.3 is 20.3 Å². The normalized spacial score (nSPS) is 14.1. The third-order valence-corrected chi connectivity index (χ3v) is 4.79. The van der Waals surface area contributed by atoms with Crippen LogP contribution in [-0.2, 0) is 4.74 Å². The summed E-state index contributed by atoms with van der Waals surface area (Å²) in [7, 11) is 0. The van der Waals surface area contributed by atoms with Crippen molar-refractivity contribution in [3.05, 3.63) is 53.6 Å². The number of nitrogens with one attached hydrogen (secondary N) is 2. The lowest BCUT2D eigenvalue weighted by Gasteiger charge is -2.31. The number of aromatic nitrogens is 2. The Balaban J connectivity index is 1.62. The van der Waals surface area contributed by atoms with Gasteiger partial charge in [-0.15, -0.1) is 0 Å². The molecule has 0 unspecified atom stereocenters. The highest BCUT2D eigenvalue weighted by atomic mass is 16.6. The molecule has 158 valence electrons. The monoisotopic (exact) mass is 411 g/mol. The molecule has 2 heterocycles. The lowest BCUT2D eigenvalue weighted by molar-refractivity contribution is 0.0849. The number of ether oxygens (including phenoxy) is 1. The average molecular weight is 411 g/mol. The second-order valence-corrected chi connectivity index (χ2v) is 7.01. The second kappa shape index (κ2) is 9.82. The van der Waals surface area contributed by atoms with E-state index < -0.39 is 11.8 Å². The summed E-state index contributed by atoms with van der Waals surface area (Å²) in [6.07, 6.45) is 3.59. The van der Waals surface area contributed by atoms with Gasteiger partial charge in [-0.3, -0.25) is 9.59 Å². The predicted octanol–water partition coefficient (Wildman–Crippen LogP) is 2.39. The van der Waals surface area contributed by atoms with Crippen LogP contribution in [0.4, 0.5) is 10.5 Å². The molecule has 1 saturated heterocycles. The molecule has 1 aromatic heterocycles. The summed E-state index contributed by atoms with van der Waals surface area (Å²) in [6.45, 7) is 5.03. The van der Waals surface area contributed by atoms with Crippen LogP contribution in [0.5, 0.6) is 0 Å². The van der Waals surface area contributed by atoms with E-state index in [-0.39, 0.29) is 23.5 Å². The van der Waals surface area contributed by atoms with Crippen LogP contribution in [0.25, 0.3) is 0 Å². The van der Waals surface area contributed by atoms with Crippen molar-refractivity contribution in [1.29, 1.82) is 0 Å². The molecule has 0 spiro atoms. The smallest absolute Gasteiger partial charge is 0.409 e. The Bertz CT molecular complexity index is 908. The zero-order valence-corrected chi connectivity index (χ0v) is 17.1. The summed E-state index contributed by atoms with van der Waals surface area (Å²) in [5.74, 6) is -0.971. The lowest BCUT2D eigenvalue weighted by atomic mass is 10.1. The highest BCUT2D eigenvalue weighted by Crippen LogP contribution is 2.14. The van der Waals surface area contributed by atoms with Crippen LogP contribution in [0, 0.1) is 6.92 Å². The Morgan fingerprint density at radius 2 is 1.63 bits per heavy atom. The van der Waals surface area contributed by atoms with E-state index in [4.69, 9.17) is 4.74 Å². The first kappa shape index (κ1) is 21.2. The van der Waals surface area contributed by atoms with Crippen molar-refractivity contribution in [2.45, 2.75) is 32.7 Å². The van der Waals surface area contributed by atoms with E-state index in [1.54, 1.807) is 24.0 Å². The van der Waals surface area contributed by atoms with Gasteiger partial charge in [-0.05, 0) is 38.8 Å². The molecule has 0 radical (unpaired) electrons. The van der Waals surface area contributed by atoms with Gasteiger partial charge in [0.15, 0.2) is 11.4 Å². The highest BCUT2D eigenvalue weighted by molar-refractivity contribution is 6.09. The molecule has 1 aliphatic rings. The van der Waals surface area contributed by atoms with E-state index in [2.05, 4.69) is 20.6 Å². The Labute approximate surface area is 174 Å². The van der Waals surface area contributed by atoms with Crippen LogP contribution in [0.3, 0.4) is 0 Å². The molecule has 3 rings (SSSR count). The van der Waals surface area contributed by atoms with E-state index in [0.717, 1.165) is 5.56 Å². The summed E-state index contributed by atoms with van der Waals surface area (Å²) >= 11 is 0. The fraction of sp³-hybridized carbons (Fsp3) is 0.381. The van der Waals surface area contributed by atoms with Crippen LogP contribution in [-0.4, -0.2) is 58.5 Å². The minimum absolute atomic E-state index is 0.0325. The number of hydrogen-bond acceptors (Lipinski definition) is 6. The maximum Gasteiger partial charge on any atom is 0.409 e. The van der Waals surface area contributed by atoms with Crippen LogP contribution < -0.4 is 10.6 Å². The molecule has 9 heteroatoms. The number of hydrogen-bond donors (Lipinski definition) is 2. The fourth-order valence-electron chi connectivity index (χ4n) is 3.17. The molecule has 1 aliphatic heterocycles. The van der Waals surface area contributed by atoms with Gasteiger partial charge in [0, 0.05) is 37.2 Å². The summed E-state index contributed by atoms with van der Waals surface area (Å²) in [6, 6.07) is 7.19. The lowest BCUT2D eigenvalue weighted by Crippen LogP contribution is -2.47. The first-order valence-corrected chi connectivity index (χ1v) is 9.89. The topological polar surface area (TPSA) is 114 Å². The molecule has 1 aromatic carbocycles. The number of carbonyl (C=O) groups excluding carboxylic acids is 3. The standard InChI is InChI=1S/C21H25N5O4/c1-3-30-21(29)26-12-8-16(9-13-26)25-20(28)18-17(22-10-11-23-18)19(27)24-15-6-4-14(2)5-7-15/h4-7,10-11,16H,3,8-9,12-13H2,1-2H3,(H,24,27)(H,25,28).